The van der Waals surface area contributed by atoms with E-state index in [1.54, 1.807) is 13.2 Å². The number of nitrogens with zero attached hydrogens (tertiary/aromatic N) is 1. The summed E-state index contributed by atoms with van der Waals surface area (Å²) in [6, 6.07) is 18.7. The Hall–Kier alpha value is -3.53. The summed E-state index contributed by atoms with van der Waals surface area (Å²) < 4.78 is 11.6. The molecule has 1 atom stereocenters. The van der Waals surface area contributed by atoms with E-state index >= 15 is 0 Å². The van der Waals surface area contributed by atoms with Crippen LogP contribution >= 0.6 is 0 Å². The summed E-state index contributed by atoms with van der Waals surface area (Å²) in [4.78, 5) is 14.9. The van der Waals surface area contributed by atoms with E-state index in [2.05, 4.69) is 55.5 Å². The van der Waals surface area contributed by atoms with E-state index < -0.39 is 0 Å². The number of piperidine rings is 1. The molecule has 0 aliphatic carbocycles. The van der Waals surface area contributed by atoms with Gasteiger partial charge in [0, 0.05) is 41.7 Å². The Bertz CT molecular complexity index is 1360. The zero-order valence-electron chi connectivity index (χ0n) is 19.4. The van der Waals surface area contributed by atoms with Crippen LogP contribution in [0.15, 0.2) is 71.4 Å². The van der Waals surface area contributed by atoms with Crippen LogP contribution in [0.1, 0.15) is 32.3 Å². The van der Waals surface area contributed by atoms with E-state index in [1.165, 1.54) is 17.2 Å². The Balaban J connectivity index is 1.59. The first kappa shape index (κ1) is 21.3. The lowest BCUT2D eigenvalue weighted by Gasteiger charge is -2.30. The molecule has 1 unspecified atom stereocenters. The van der Waals surface area contributed by atoms with E-state index in [-0.39, 0.29) is 5.91 Å². The van der Waals surface area contributed by atoms with Crippen LogP contribution in [0.3, 0.4) is 0 Å². The van der Waals surface area contributed by atoms with Gasteiger partial charge in [-0.15, -0.1) is 0 Å². The molecule has 1 saturated heterocycles. The number of ether oxygens (including phenoxy) is 1. The summed E-state index contributed by atoms with van der Waals surface area (Å²) in [6.45, 7) is 5.84. The maximum Gasteiger partial charge on any atom is 0.246 e. The van der Waals surface area contributed by atoms with Gasteiger partial charge in [0.15, 0.2) is 0 Å². The van der Waals surface area contributed by atoms with Gasteiger partial charge in [-0.2, -0.15) is 0 Å². The van der Waals surface area contributed by atoms with Gasteiger partial charge in [-0.1, -0.05) is 49.4 Å². The number of furan rings is 1. The van der Waals surface area contributed by atoms with Gasteiger partial charge in [-0.05, 0) is 53.7 Å². The van der Waals surface area contributed by atoms with Crippen molar-refractivity contribution >= 4 is 33.2 Å². The molecular weight excluding hydrogens is 410 g/mol. The maximum absolute atomic E-state index is 13.0. The molecule has 3 aromatic carbocycles. The number of hydrogen-bond acceptors (Lipinski definition) is 3. The molecule has 0 radical (unpaired) electrons. The van der Waals surface area contributed by atoms with Gasteiger partial charge in [0.25, 0.3) is 0 Å². The monoisotopic (exact) mass is 439 g/mol. The number of amides is 1. The smallest absolute Gasteiger partial charge is 0.246 e. The number of hydrogen-bond donors (Lipinski definition) is 0. The molecule has 1 aliphatic rings. The molecule has 1 aliphatic heterocycles. The SMILES string of the molecule is COc1cc2occ(-c3cccc4ccccc34)c2cc1/C(C)=C/C(=O)N1CCCC(C)C1. The molecular formula is C29H29NO3. The van der Waals surface area contributed by atoms with Crippen molar-refractivity contribution in [2.24, 2.45) is 5.92 Å². The van der Waals surface area contributed by atoms with Crippen LogP contribution in [-0.4, -0.2) is 31.0 Å². The minimum atomic E-state index is 0.0719. The number of benzene rings is 3. The summed E-state index contributed by atoms with van der Waals surface area (Å²) in [5.74, 6) is 1.33. The van der Waals surface area contributed by atoms with Crippen LogP contribution in [-0.2, 0) is 4.79 Å². The average molecular weight is 440 g/mol. The molecule has 0 spiro atoms. The van der Waals surface area contributed by atoms with E-state index in [0.717, 1.165) is 52.7 Å². The average Bonchev–Trinajstić information content (AvgIpc) is 3.25. The van der Waals surface area contributed by atoms with Crippen molar-refractivity contribution in [3.8, 4) is 16.9 Å². The number of methoxy groups -OCH3 is 1. The van der Waals surface area contributed by atoms with Crippen molar-refractivity contribution in [1.29, 1.82) is 0 Å². The lowest BCUT2D eigenvalue weighted by Crippen LogP contribution is -2.38. The van der Waals surface area contributed by atoms with Crippen LogP contribution in [0.2, 0.25) is 0 Å². The quantitative estimate of drug-likeness (QED) is 0.324. The normalized spacial score (nSPS) is 17.0. The fourth-order valence-corrected chi connectivity index (χ4v) is 4.94. The van der Waals surface area contributed by atoms with E-state index in [1.807, 2.05) is 24.2 Å². The zero-order valence-corrected chi connectivity index (χ0v) is 19.4. The van der Waals surface area contributed by atoms with Crippen molar-refractivity contribution in [3.63, 3.8) is 0 Å². The third-order valence-electron chi connectivity index (χ3n) is 6.71. The van der Waals surface area contributed by atoms with Gasteiger partial charge >= 0.3 is 0 Å². The Morgan fingerprint density at radius 1 is 1.09 bits per heavy atom. The summed E-state index contributed by atoms with van der Waals surface area (Å²) in [5.41, 5.74) is 4.73. The number of carbonyl (C=O) groups is 1. The summed E-state index contributed by atoms with van der Waals surface area (Å²) in [7, 11) is 1.65. The molecule has 168 valence electrons. The minimum Gasteiger partial charge on any atom is -0.496 e. The molecule has 0 saturated carbocycles. The third-order valence-corrected chi connectivity index (χ3v) is 6.71. The highest BCUT2D eigenvalue weighted by Crippen LogP contribution is 2.39. The van der Waals surface area contributed by atoms with E-state index in [9.17, 15) is 4.79 Å². The molecule has 0 bridgehead atoms. The van der Waals surface area contributed by atoms with Gasteiger partial charge in [0.1, 0.15) is 11.3 Å². The van der Waals surface area contributed by atoms with Crippen LogP contribution in [0.25, 0.3) is 38.4 Å². The number of rotatable bonds is 4. The summed E-state index contributed by atoms with van der Waals surface area (Å²) >= 11 is 0. The number of allylic oxidation sites excluding steroid dienone is 1. The van der Waals surface area contributed by atoms with Gasteiger partial charge in [-0.25, -0.2) is 0 Å². The summed E-state index contributed by atoms with van der Waals surface area (Å²) in [6.07, 6.45) is 5.82. The van der Waals surface area contributed by atoms with Crippen molar-refractivity contribution in [1.82, 2.24) is 4.90 Å². The Kier molecular flexibility index (Phi) is 5.67. The lowest BCUT2D eigenvalue weighted by atomic mass is 9.95. The fourth-order valence-electron chi connectivity index (χ4n) is 4.94. The van der Waals surface area contributed by atoms with Crippen LogP contribution in [0, 0.1) is 5.92 Å². The fraction of sp³-hybridized carbons (Fsp3) is 0.276. The van der Waals surface area contributed by atoms with E-state index in [0.29, 0.717) is 11.7 Å². The highest BCUT2D eigenvalue weighted by atomic mass is 16.5. The molecule has 1 fully saturated rings. The molecule has 1 amide bonds. The zero-order chi connectivity index (χ0) is 22.9. The van der Waals surface area contributed by atoms with Crippen molar-refractivity contribution in [2.45, 2.75) is 26.7 Å². The molecule has 4 nitrogen and oxygen atoms in total. The minimum absolute atomic E-state index is 0.0719. The Morgan fingerprint density at radius 2 is 1.91 bits per heavy atom. The number of fused-ring (bicyclic) bond motifs is 2. The molecule has 0 N–H and O–H groups in total. The predicted molar refractivity (Wildman–Crippen MR) is 134 cm³/mol. The van der Waals surface area contributed by atoms with Crippen LogP contribution in [0.5, 0.6) is 5.75 Å². The second kappa shape index (κ2) is 8.78. The first-order valence-corrected chi connectivity index (χ1v) is 11.6. The topological polar surface area (TPSA) is 42.7 Å². The molecule has 2 heterocycles. The lowest BCUT2D eigenvalue weighted by molar-refractivity contribution is -0.127. The Morgan fingerprint density at radius 3 is 2.73 bits per heavy atom. The molecule has 4 aromatic rings. The maximum atomic E-state index is 13.0. The number of likely N-dealkylation sites (tertiary alicyclic amines) is 1. The predicted octanol–water partition coefficient (Wildman–Crippen LogP) is 6.92. The van der Waals surface area contributed by atoms with Gasteiger partial charge in [-0.3, -0.25) is 4.79 Å². The Labute approximate surface area is 194 Å². The third kappa shape index (κ3) is 4.02. The van der Waals surface area contributed by atoms with Crippen molar-refractivity contribution in [2.75, 3.05) is 20.2 Å². The van der Waals surface area contributed by atoms with Crippen LogP contribution < -0.4 is 4.74 Å². The first-order chi connectivity index (χ1) is 16.0. The van der Waals surface area contributed by atoms with Gasteiger partial charge in [0.05, 0.1) is 13.4 Å². The van der Waals surface area contributed by atoms with Gasteiger partial charge in [0.2, 0.25) is 5.91 Å². The largest absolute Gasteiger partial charge is 0.496 e. The molecule has 5 rings (SSSR count). The highest BCUT2D eigenvalue weighted by molar-refractivity contribution is 6.06. The van der Waals surface area contributed by atoms with Crippen LogP contribution in [0.4, 0.5) is 0 Å². The van der Waals surface area contributed by atoms with E-state index in [4.69, 9.17) is 9.15 Å². The number of carbonyl (C=O) groups excluding carboxylic acids is 1. The van der Waals surface area contributed by atoms with Crippen molar-refractivity contribution < 1.29 is 13.9 Å². The van der Waals surface area contributed by atoms with Gasteiger partial charge < -0.3 is 14.1 Å². The first-order valence-electron chi connectivity index (χ1n) is 11.6. The highest BCUT2D eigenvalue weighted by Gasteiger charge is 2.21. The molecule has 33 heavy (non-hydrogen) atoms. The van der Waals surface area contributed by atoms with Crippen molar-refractivity contribution in [3.05, 3.63) is 72.5 Å². The molecule has 4 heteroatoms. The second-order valence-electron chi connectivity index (χ2n) is 9.08. The molecule has 1 aromatic heterocycles. The second-order valence-corrected chi connectivity index (χ2v) is 9.08. The summed E-state index contributed by atoms with van der Waals surface area (Å²) in [5, 5.41) is 3.38. The standard InChI is InChI=1S/C29H29NO3/c1-19-8-7-13-30(17-19)29(31)14-20(2)24-15-25-26(18-33-28(25)16-27(24)32-3)23-12-6-10-21-9-4-5-11-22(21)23/h4-6,9-12,14-16,18-19H,7-8,13,17H2,1-3H3/b20-14+.